The Hall–Kier alpha value is -1.69. The molecule has 2 heterocycles. The molecule has 0 bridgehead atoms. The van der Waals surface area contributed by atoms with Crippen molar-refractivity contribution in [3.63, 3.8) is 0 Å². The fourth-order valence-corrected chi connectivity index (χ4v) is 2.79. The molecule has 0 saturated carbocycles. The Kier molecular flexibility index (Phi) is 4.05. The second kappa shape index (κ2) is 5.97. The van der Waals surface area contributed by atoms with E-state index in [1.165, 1.54) is 0 Å². The Balaban J connectivity index is 1.90. The molecule has 5 heteroatoms. The van der Waals surface area contributed by atoms with Crippen molar-refractivity contribution in [2.24, 2.45) is 0 Å². The Bertz CT molecular complexity index is 695. The molecule has 1 aromatic carbocycles. The topological polar surface area (TPSA) is 65.6 Å². The average Bonchev–Trinajstić information content (AvgIpc) is 2.49. The summed E-state index contributed by atoms with van der Waals surface area (Å²) in [6.07, 6.45) is 0. The largest absolute Gasteiger partial charge is 0.395 e. The van der Waals surface area contributed by atoms with Gasteiger partial charge in [-0.2, -0.15) is 0 Å². The number of benzene rings is 1. The molecular weight excluding hydrogens is 268 g/mol. The number of rotatable bonds is 3. The molecule has 112 valence electrons. The highest BCUT2D eigenvalue weighted by molar-refractivity contribution is 5.79. The summed E-state index contributed by atoms with van der Waals surface area (Å²) >= 11 is 0. The first-order chi connectivity index (χ1) is 10.2. The lowest BCUT2D eigenvalue weighted by Crippen LogP contribution is -2.47. The first kappa shape index (κ1) is 14.3. The Morgan fingerprint density at radius 1 is 1.43 bits per heavy atom. The van der Waals surface area contributed by atoms with E-state index >= 15 is 0 Å². The summed E-state index contributed by atoms with van der Waals surface area (Å²) in [4.78, 5) is 17.7. The molecule has 1 aliphatic heterocycles. The molecule has 1 atom stereocenters. The summed E-state index contributed by atoms with van der Waals surface area (Å²) in [6.45, 7) is 4.62. The zero-order valence-electron chi connectivity index (χ0n) is 12.1. The van der Waals surface area contributed by atoms with E-state index in [1.54, 1.807) is 6.07 Å². The van der Waals surface area contributed by atoms with Gasteiger partial charge in [0.05, 0.1) is 25.9 Å². The lowest BCUT2D eigenvalue weighted by atomic mass is 10.1. The third kappa shape index (κ3) is 3.00. The maximum absolute atomic E-state index is 12.2. The molecule has 0 amide bonds. The van der Waals surface area contributed by atoms with Crippen molar-refractivity contribution in [1.29, 1.82) is 0 Å². The molecular formula is C16H20N2O3. The second-order valence-electron chi connectivity index (χ2n) is 5.59. The van der Waals surface area contributed by atoms with Gasteiger partial charge in [0.25, 0.3) is 0 Å². The van der Waals surface area contributed by atoms with Gasteiger partial charge in [0.15, 0.2) is 5.43 Å². The molecule has 2 aromatic rings. The molecule has 3 rings (SSSR count). The normalized spacial score (nSPS) is 20.0. The van der Waals surface area contributed by atoms with Crippen LogP contribution in [0.2, 0.25) is 0 Å². The third-order valence-electron chi connectivity index (χ3n) is 3.97. The molecule has 0 spiro atoms. The quantitative estimate of drug-likeness (QED) is 0.885. The number of aromatic amines is 1. The maximum atomic E-state index is 12.2. The summed E-state index contributed by atoms with van der Waals surface area (Å²) in [5, 5.41) is 10.1. The number of fused-ring (bicyclic) bond motifs is 1. The van der Waals surface area contributed by atoms with E-state index in [4.69, 9.17) is 4.74 Å². The minimum atomic E-state index is -0.00373. The van der Waals surface area contributed by atoms with Crippen molar-refractivity contribution in [2.75, 3.05) is 26.4 Å². The summed E-state index contributed by atoms with van der Waals surface area (Å²) in [7, 11) is 0. The maximum Gasteiger partial charge on any atom is 0.189 e. The number of H-pyrrole nitrogens is 1. The van der Waals surface area contributed by atoms with Crippen molar-refractivity contribution >= 4 is 10.9 Å². The minimum Gasteiger partial charge on any atom is -0.395 e. The van der Waals surface area contributed by atoms with Crippen LogP contribution in [0.5, 0.6) is 0 Å². The number of pyridine rings is 1. The third-order valence-corrected chi connectivity index (χ3v) is 3.97. The van der Waals surface area contributed by atoms with Gasteiger partial charge in [0.2, 0.25) is 0 Å². The van der Waals surface area contributed by atoms with Crippen molar-refractivity contribution in [1.82, 2.24) is 9.88 Å². The van der Waals surface area contributed by atoms with Crippen molar-refractivity contribution in [3.05, 3.63) is 45.7 Å². The van der Waals surface area contributed by atoms with E-state index < -0.39 is 0 Å². The van der Waals surface area contributed by atoms with Crippen LogP contribution in [0, 0.1) is 6.92 Å². The van der Waals surface area contributed by atoms with E-state index in [0.29, 0.717) is 19.8 Å². The van der Waals surface area contributed by atoms with Crippen LogP contribution >= 0.6 is 0 Å². The van der Waals surface area contributed by atoms with Crippen LogP contribution in [0.4, 0.5) is 0 Å². The van der Waals surface area contributed by atoms with Gasteiger partial charge in [-0.25, -0.2) is 0 Å². The number of nitrogens with zero attached hydrogens (tertiary/aromatic N) is 1. The number of nitrogens with one attached hydrogen (secondary N) is 1. The highest BCUT2D eigenvalue weighted by atomic mass is 16.5. The molecule has 1 fully saturated rings. The standard InChI is InChI=1S/C16H20N2O3/c1-11-2-3-15-14(6-11)16(20)7-12(17-15)8-18-4-5-21-10-13(18)9-19/h2-3,6-7,13,19H,4-5,8-10H2,1H3,(H,17,20)/t13-/m1/s1. The molecule has 0 aliphatic carbocycles. The fraction of sp³-hybridized carbons (Fsp3) is 0.438. The number of aryl methyl sites for hydroxylation is 1. The number of aliphatic hydroxyl groups is 1. The van der Waals surface area contributed by atoms with Crippen LogP contribution in [0.25, 0.3) is 10.9 Å². The lowest BCUT2D eigenvalue weighted by molar-refractivity contribution is -0.0317. The minimum absolute atomic E-state index is 0.00373. The van der Waals surface area contributed by atoms with Crippen LogP contribution < -0.4 is 5.43 Å². The highest BCUT2D eigenvalue weighted by Crippen LogP contribution is 2.14. The predicted octanol–water partition coefficient (Wildman–Crippen LogP) is 1.03. The van der Waals surface area contributed by atoms with E-state index in [2.05, 4.69) is 9.88 Å². The number of aliphatic hydroxyl groups excluding tert-OH is 1. The number of hydrogen-bond acceptors (Lipinski definition) is 4. The van der Waals surface area contributed by atoms with Gasteiger partial charge < -0.3 is 14.8 Å². The highest BCUT2D eigenvalue weighted by Gasteiger charge is 2.22. The molecule has 0 radical (unpaired) electrons. The summed E-state index contributed by atoms with van der Waals surface area (Å²) < 4.78 is 5.37. The van der Waals surface area contributed by atoms with Crippen LogP contribution in [0.1, 0.15) is 11.3 Å². The SMILES string of the molecule is Cc1ccc2[nH]c(CN3CCOC[C@H]3CO)cc(=O)c2c1. The first-order valence-corrected chi connectivity index (χ1v) is 7.22. The number of aromatic nitrogens is 1. The van der Waals surface area contributed by atoms with E-state index in [-0.39, 0.29) is 18.1 Å². The van der Waals surface area contributed by atoms with Gasteiger partial charge in [-0.05, 0) is 19.1 Å². The van der Waals surface area contributed by atoms with Gasteiger partial charge in [-0.3, -0.25) is 9.69 Å². The van der Waals surface area contributed by atoms with Gasteiger partial charge in [0, 0.05) is 35.8 Å². The molecule has 21 heavy (non-hydrogen) atoms. The van der Waals surface area contributed by atoms with Crippen molar-refractivity contribution < 1.29 is 9.84 Å². The predicted molar refractivity (Wildman–Crippen MR) is 81.4 cm³/mol. The summed E-state index contributed by atoms with van der Waals surface area (Å²) in [5.41, 5.74) is 2.85. The summed E-state index contributed by atoms with van der Waals surface area (Å²) in [5.74, 6) is 0. The monoisotopic (exact) mass is 288 g/mol. The van der Waals surface area contributed by atoms with E-state index in [0.717, 1.165) is 28.7 Å². The molecule has 2 N–H and O–H groups in total. The fourth-order valence-electron chi connectivity index (χ4n) is 2.79. The summed E-state index contributed by atoms with van der Waals surface area (Å²) in [6, 6.07) is 7.50. The Morgan fingerprint density at radius 2 is 2.29 bits per heavy atom. The van der Waals surface area contributed by atoms with Gasteiger partial charge in [-0.1, -0.05) is 11.6 Å². The zero-order chi connectivity index (χ0) is 14.8. The Morgan fingerprint density at radius 3 is 3.10 bits per heavy atom. The molecule has 1 aliphatic rings. The van der Waals surface area contributed by atoms with Crippen molar-refractivity contribution in [2.45, 2.75) is 19.5 Å². The van der Waals surface area contributed by atoms with Crippen molar-refractivity contribution in [3.8, 4) is 0 Å². The van der Waals surface area contributed by atoms with Crippen LogP contribution in [0.15, 0.2) is 29.1 Å². The van der Waals surface area contributed by atoms with Gasteiger partial charge >= 0.3 is 0 Å². The molecule has 0 unspecified atom stereocenters. The average molecular weight is 288 g/mol. The van der Waals surface area contributed by atoms with Gasteiger partial charge in [-0.15, -0.1) is 0 Å². The van der Waals surface area contributed by atoms with Crippen LogP contribution in [0.3, 0.4) is 0 Å². The lowest BCUT2D eigenvalue weighted by Gasteiger charge is -2.34. The zero-order valence-corrected chi connectivity index (χ0v) is 12.1. The Labute approximate surface area is 123 Å². The van der Waals surface area contributed by atoms with Crippen LogP contribution in [-0.4, -0.2) is 47.4 Å². The van der Waals surface area contributed by atoms with Gasteiger partial charge in [0.1, 0.15) is 0 Å². The van der Waals surface area contributed by atoms with E-state index in [1.807, 2.05) is 25.1 Å². The number of morpholine rings is 1. The van der Waals surface area contributed by atoms with E-state index in [9.17, 15) is 9.90 Å². The smallest absolute Gasteiger partial charge is 0.189 e. The number of ether oxygens (including phenoxy) is 1. The number of hydrogen-bond donors (Lipinski definition) is 2. The van der Waals surface area contributed by atoms with Crippen LogP contribution in [-0.2, 0) is 11.3 Å². The molecule has 1 saturated heterocycles. The first-order valence-electron chi connectivity index (χ1n) is 7.22. The molecule has 5 nitrogen and oxygen atoms in total. The molecule has 1 aromatic heterocycles. The second-order valence-corrected chi connectivity index (χ2v) is 5.59.